The first-order valence-corrected chi connectivity index (χ1v) is 7.27. The Morgan fingerprint density at radius 2 is 2.14 bits per heavy atom. The van der Waals surface area contributed by atoms with Crippen molar-refractivity contribution in [1.29, 1.82) is 0 Å². The number of benzene rings is 1. The number of aryl methyl sites for hydroxylation is 1. The number of alkyl halides is 3. The van der Waals surface area contributed by atoms with Gasteiger partial charge in [-0.3, -0.25) is 0 Å². The summed E-state index contributed by atoms with van der Waals surface area (Å²) in [4.78, 5) is 11.9. The van der Waals surface area contributed by atoms with Crippen molar-refractivity contribution >= 4 is 5.97 Å². The van der Waals surface area contributed by atoms with E-state index in [0.29, 0.717) is 25.0 Å². The lowest BCUT2D eigenvalue weighted by molar-refractivity contribution is -0.151. The van der Waals surface area contributed by atoms with Gasteiger partial charge in [0.1, 0.15) is 0 Å². The first-order chi connectivity index (χ1) is 10.3. The molecule has 2 rings (SSSR count). The van der Waals surface area contributed by atoms with E-state index in [2.05, 4.69) is 0 Å². The van der Waals surface area contributed by atoms with Crippen LogP contribution in [-0.4, -0.2) is 24.8 Å². The van der Waals surface area contributed by atoms with E-state index in [4.69, 9.17) is 9.47 Å². The molecule has 1 aromatic rings. The molecule has 0 aromatic heterocycles. The summed E-state index contributed by atoms with van der Waals surface area (Å²) in [6.45, 7) is 4.18. The van der Waals surface area contributed by atoms with Gasteiger partial charge in [-0.1, -0.05) is 25.1 Å². The maximum Gasteiger partial charge on any atom is 0.416 e. The standard InChI is InChI=1S/C16H19F3O3/c1-3-21-14(20)15(10-22-15)11(2)7-8-12-5-4-6-13(9-12)16(17,18)19/h4-6,9,11H,3,7-8,10H2,1-2H3. The van der Waals surface area contributed by atoms with Crippen molar-refractivity contribution in [3.05, 3.63) is 35.4 Å². The van der Waals surface area contributed by atoms with Crippen LogP contribution in [0, 0.1) is 5.92 Å². The lowest BCUT2D eigenvalue weighted by atomic mass is 9.88. The van der Waals surface area contributed by atoms with Crippen LogP contribution in [0.1, 0.15) is 31.4 Å². The number of ether oxygens (including phenoxy) is 2. The highest BCUT2D eigenvalue weighted by molar-refractivity contribution is 5.82. The average Bonchev–Trinajstić information content (AvgIpc) is 3.26. The number of esters is 1. The quantitative estimate of drug-likeness (QED) is 0.594. The third-order valence-electron chi connectivity index (χ3n) is 3.99. The molecule has 0 amide bonds. The summed E-state index contributed by atoms with van der Waals surface area (Å²) in [5.41, 5.74) is -0.959. The Labute approximate surface area is 127 Å². The molecule has 1 fully saturated rings. The van der Waals surface area contributed by atoms with Crippen LogP contribution in [0.2, 0.25) is 0 Å². The van der Waals surface area contributed by atoms with Crippen LogP contribution in [0.4, 0.5) is 13.2 Å². The largest absolute Gasteiger partial charge is 0.464 e. The van der Waals surface area contributed by atoms with Gasteiger partial charge in [-0.25, -0.2) is 4.79 Å². The fourth-order valence-corrected chi connectivity index (χ4v) is 2.45. The van der Waals surface area contributed by atoms with Crippen molar-refractivity contribution in [2.24, 2.45) is 5.92 Å². The molecule has 1 aromatic carbocycles. The van der Waals surface area contributed by atoms with Crippen molar-refractivity contribution in [3.63, 3.8) is 0 Å². The summed E-state index contributed by atoms with van der Waals surface area (Å²) in [5.74, 6) is -0.493. The third-order valence-corrected chi connectivity index (χ3v) is 3.99. The van der Waals surface area contributed by atoms with E-state index < -0.39 is 17.3 Å². The zero-order valence-corrected chi connectivity index (χ0v) is 12.6. The minimum atomic E-state index is -4.34. The number of carbonyl (C=O) groups is 1. The van der Waals surface area contributed by atoms with Gasteiger partial charge >= 0.3 is 12.1 Å². The van der Waals surface area contributed by atoms with Crippen molar-refractivity contribution in [1.82, 2.24) is 0 Å². The second-order valence-electron chi connectivity index (χ2n) is 5.54. The average molecular weight is 316 g/mol. The van der Waals surface area contributed by atoms with Crippen molar-refractivity contribution in [3.8, 4) is 0 Å². The van der Waals surface area contributed by atoms with Crippen LogP contribution in [0.25, 0.3) is 0 Å². The van der Waals surface area contributed by atoms with Crippen LogP contribution in [0.5, 0.6) is 0 Å². The highest BCUT2D eigenvalue weighted by atomic mass is 19.4. The van der Waals surface area contributed by atoms with E-state index in [1.54, 1.807) is 13.0 Å². The molecule has 0 radical (unpaired) electrons. The van der Waals surface area contributed by atoms with Crippen LogP contribution in [0.15, 0.2) is 24.3 Å². The first-order valence-electron chi connectivity index (χ1n) is 7.27. The van der Waals surface area contributed by atoms with E-state index in [9.17, 15) is 18.0 Å². The van der Waals surface area contributed by atoms with Crippen LogP contribution in [0.3, 0.4) is 0 Å². The molecule has 3 nitrogen and oxygen atoms in total. The predicted molar refractivity (Wildman–Crippen MR) is 74.2 cm³/mol. The molecule has 0 bridgehead atoms. The molecule has 2 unspecified atom stereocenters. The Morgan fingerprint density at radius 3 is 2.68 bits per heavy atom. The van der Waals surface area contributed by atoms with Gasteiger partial charge < -0.3 is 9.47 Å². The van der Waals surface area contributed by atoms with Gasteiger partial charge in [0.15, 0.2) is 5.60 Å². The van der Waals surface area contributed by atoms with E-state index in [-0.39, 0.29) is 18.5 Å². The van der Waals surface area contributed by atoms with Gasteiger partial charge in [-0.15, -0.1) is 0 Å². The van der Waals surface area contributed by atoms with Gasteiger partial charge in [-0.2, -0.15) is 13.2 Å². The fraction of sp³-hybridized carbons (Fsp3) is 0.562. The topological polar surface area (TPSA) is 38.8 Å². The highest BCUT2D eigenvalue weighted by Crippen LogP contribution is 2.39. The lowest BCUT2D eigenvalue weighted by Crippen LogP contribution is -2.34. The van der Waals surface area contributed by atoms with Crippen LogP contribution < -0.4 is 0 Å². The Balaban J connectivity index is 1.97. The maximum absolute atomic E-state index is 12.7. The Bertz CT molecular complexity index is 536. The van der Waals surface area contributed by atoms with E-state index in [1.165, 1.54) is 6.07 Å². The molecule has 1 saturated heterocycles. The van der Waals surface area contributed by atoms with E-state index >= 15 is 0 Å². The molecule has 2 atom stereocenters. The number of halogens is 3. The number of carbonyl (C=O) groups excluding carboxylic acids is 1. The summed E-state index contributed by atoms with van der Waals surface area (Å²) in [5, 5.41) is 0. The highest BCUT2D eigenvalue weighted by Gasteiger charge is 2.57. The van der Waals surface area contributed by atoms with Crippen molar-refractivity contribution in [2.75, 3.05) is 13.2 Å². The van der Waals surface area contributed by atoms with Gasteiger partial charge in [0.25, 0.3) is 0 Å². The molecule has 22 heavy (non-hydrogen) atoms. The molecule has 6 heteroatoms. The van der Waals surface area contributed by atoms with Crippen molar-refractivity contribution < 1.29 is 27.4 Å². The van der Waals surface area contributed by atoms with Gasteiger partial charge in [0.2, 0.25) is 0 Å². The summed E-state index contributed by atoms with van der Waals surface area (Å²) < 4.78 is 48.3. The Hall–Kier alpha value is -1.56. The molecule has 0 N–H and O–H groups in total. The number of rotatable bonds is 6. The molecule has 1 heterocycles. The molecule has 1 aliphatic rings. The summed E-state index contributed by atoms with van der Waals surface area (Å²) in [7, 11) is 0. The normalized spacial score (nSPS) is 22.2. The second-order valence-corrected chi connectivity index (χ2v) is 5.54. The smallest absolute Gasteiger partial charge is 0.416 e. The zero-order chi connectivity index (χ0) is 16.4. The first kappa shape index (κ1) is 16.8. The molecule has 0 spiro atoms. The molecular weight excluding hydrogens is 297 g/mol. The van der Waals surface area contributed by atoms with E-state index in [1.807, 2.05) is 6.92 Å². The summed E-state index contributed by atoms with van der Waals surface area (Å²) in [6, 6.07) is 5.26. The number of epoxide rings is 1. The zero-order valence-electron chi connectivity index (χ0n) is 12.6. The lowest BCUT2D eigenvalue weighted by Gasteiger charge is -2.18. The van der Waals surface area contributed by atoms with Gasteiger partial charge in [0.05, 0.1) is 18.8 Å². The molecule has 0 saturated carbocycles. The van der Waals surface area contributed by atoms with E-state index in [0.717, 1.165) is 12.1 Å². The SMILES string of the molecule is CCOC(=O)C1(C(C)CCc2cccc(C(F)(F)F)c2)CO1. The van der Waals surface area contributed by atoms with Crippen LogP contribution in [-0.2, 0) is 26.9 Å². The molecular formula is C16H19F3O3. The van der Waals surface area contributed by atoms with Gasteiger partial charge in [-0.05, 0) is 37.3 Å². The van der Waals surface area contributed by atoms with Crippen molar-refractivity contribution in [2.45, 2.75) is 38.5 Å². The summed E-state index contributed by atoms with van der Waals surface area (Å²) in [6.07, 6.45) is -3.33. The number of hydrogen-bond acceptors (Lipinski definition) is 3. The summed E-state index contributed by atoms with van der Waals surface area (Å²) >= 11 is 0. The number of hydrogen-bond donors (Lipinski definition) is 0. The third kappa shape index (κ3) is 3.61. The molecule has 1 aliphatic heterocycles. The Morgan fingerprint density at radius 1 is 1.45 bits per heavy atom. The molecule has 122 valence electrons. The van der Waals surface area contributed by atoms with Crippen LogP contribution >= 0.6 is 0 Å². The van der Waals surface area contributed by atoms with Gasteiger partial charge in [0, 0.05) is 0 Å². The minimum Gasteiger partial charge on any atom is -0.464 e. The molecule has 0 aliphatic carbocycles. The maximum atomic E-state index is 12.7. The second kappa shape index (κ2) is 6.28. The monoisotopic (exact) mass is 316 g/mol. The Kier molecular flexibility index (Phi) is 4.80. The predicted octanol–water partition coefficient (Wildman–Crippen LogP) is 3.61. The minimum absolute atomic E-state index is 0.110. The fourth-order valence-electron chi connectivity index (χ4n) is 2.45.